The summed E-state index contributed by atoms with van der Waals surface area (Å²) in [6.45, 7) is 0. The predicted octanol–water partition coefficient (Wildman–Crippen LogP) is 6.80. The fraction of sp³-hybridized carbons (Fsp3) is 0.222. The topological polar surface area (TPSA) is 95.0 Å². The summed E-state index contributed by atoms with van der Waals surface area (Å²) in [5, 5.41) is 13.2. The molecule has 0 radical (unpaired) electrons. The second-order valence-corrected chi connectivity index (χ2v) is 14.7. The van der Waals surface area contributed by atoms with Crippen LogP contribution in [0.1, 0.15) is 24.3 Å². The minimum absolute atomic E-state index is 0.0721. The molecule has 2 saturated heterocycles. The van der Waals surface area contributed by atoms with Crippen LogP contribution in [0.2, 0.25) is 0 Å². The smallest absolute Gasteiger partial charge is 0.238 e. The lowest BCUT2D eigenvalue weighted by Crippen LogP contribution is -2.43. The lowest BCUT2D eigenvalue weighted by atomic mass is 9.57. The summed E-state index contributed by atoms with van der Waals surface area (Å²) in [6, 6.07) is 25.9. The molecule has 2 aliphatic carbocycles. The number of halogens is 2. The van der Waals surface area contributed by atoms with Gasteiger partial charge in [-0.25, -0.2) is 0 Å². The number of benzene rings is 4. The van der Waals surface area contributed by atoms with Crippen molar-refractivity contribution in [1.82, 2.24) is 0 Å². The number of anilines is 2. The number of allylic oxidation sites excluding steroid dienone is 2. The van der Waals surface area contributed by atoms with E-state index in [1.807, 2.05) is 66.7 Å². The number of carbonyl (C=O) groups is 4. The van der Waals surface area contributed by atoms with E-state index in [9.17, 15) is 24.3 Å². The molecule has 8 rings (SSSR count). The Bertz CT molecular complexity index is 1970. The van der Waals surface area contributed by atoms with Gasteiger partial charge in [0.25, 0.3) is 0 Å². The van der Waals surface area contributed by atoms with Gasteiger partial charge in [0.1, 0.15) is 5.75 Å². The highest BCUT2D eigenvalue weighted by atomic mass is 127. The summed E-state index contributed by atoms with van der Waals surface area (Å²) >= 11 is 4.37. The first-order valence-corrected chi connectivity index (χ1v) is 17.1. The van der Waals surface area contributed by atoms with Crippen molar-refractivity contribution in [3.63, 3.8) is 0 Å². The molecule has 4 amide bonds. The average molecular weight is 820 g/mol. The summed E-state index contributed by atoms with van der Waals surface area (Å²) in [5.41, 5.74) is 2.47. The lowest BCUT2D eigenvalue weighted by Gasteiger charge is -2.44. The van der Waals surface area contributed by atoms with Crippen LogP contribution < -0.4 is 9.80 Å². The molecular formula is C36H26I2N2O5. The van der Waals surface area contributed by atoms with Gasteiger partial charge >= 0.3 is 0 Å². The number of nitrogens with zero attached hydrogens (tertiary/aromatic N) is 2. The number of carbonyl (C=O) groups excluding carboxylic acids is 4. The van der Waals surface area contributed by atoms with E-state index in [2.05, 4.69) is 45.2 Å². The largest absolute Gasteiger partial charge is 0.507 e. The zero-order chi connectivity index (χ0) is 31.1. The van der Waals surface area contributed by atoms with Crippen LogP contribution >= 0.6 is 45.2 Å². The highest BCUT2D eigenvalue weighted by Crippen LogP contribution is 2.59. The van der Waals surface area contributed by atoms with Crippen LogP contribution in [-0.2, 0) is 19.2 Å². The number of hydrogen-bond acceptors (Lipinski definition) is 5. The van der Waals surface area contributed by atoms with Crippen molar-refractivity contribution in [3.05, 3.63) is 109 Å². The third-order valence-electron chi connectivity index (χ3n) is 10.1. The van der Waals surface area contributed by atoms with Gasteiger partial charge in [-0.05, 0) is 118 Å². The van der Waals surface area contributed by atoms with Crippen LogP contribution in [0.15, 0.2) is 96.6 Å². The van der Waals surface area contributed by atoms with Crippen molar-refractivity contribution in [2.45, 2.75) is 18.8 Å². The van der Waals surface area contributed by atoms with E-state index in [4.69, 9.17) is 0 Å². The van der Waals surface area contributed by atoms with E-state index in [-0.39, 0.29) is 35.8 Å². The molecule has 6 atom stereocenters. The molecule has 0 unspecified atom stereocenters. The molecule has 4 aromatic carbocycles. The second kappa shape index (κ2) is 10.8. The van der Waals surface area contributed by atoms with Crippen molar-refractivity contribution in [1.29, 1.82) is 0 Å². The number of phenolic OH excluding ortho intramolecular Hbond substituents is 1. The van der Waals surface area contributed by atoms with E-state index < -0.39 is 35.5 Å². The Morgan fingerprint density at radius 3 is 1.84 bits per heavy atom. The van der Waals surface area contributed by atoms with Crippen LogP contribution in [0.5, 0.6) is 5.75 Å². The number of imide groups is 2. The highest BCUT2D eigenvalue weighted by molar-refractivity contribution is 14.1. The zero-order valence-electron chi connectivity index (χ0n) is 23.8. The van der Waals surface area contributed by atoms with Gasteiger partial charge in [0.05, 0.1) is 35.0 Å². The number of fused-ring (bicyclic) bond motifs is 5. The SMILES string of the molecule is O=C1[C@H]2[C@H](CC=C3[C@H]2C[C@H]2C(=O)N(c4ccc(I)cc4)C(=O)[C@H]2[C@H]3c2ccc3ccccc3c2O)C(=O)N1c1ccc(I)cc1. The van der Waals surface area contributed by atoms with Crippen molar-refractivity contribution in [3.8, 4) is 5.75 Å². The molecule has 1 saturated carbocycles. The molecule has 3 fully saturated rings. The molecule has 2 heterocycles. The predicted molar refractivity (Wildman–Crippen MR) is 186 cm³/mol. The van der Waals surface area contributed by atoms with Crippen molar-refractivity contribution in [2.24, 2.45) is 29.6 Å². The van der Waals surface area contributed by atoms with Gasteiger partial charge in [0.15, 0.2) is 0 Å². The van der Waals surface area contributed by atoms with Crippen LogP contribution in [0.3, 0.4) is 0 Å². The maximum atomic E-state index is 14.3. The molecule has 4 aliphatic rings. The van der Waals surface area contributed by atoms with Gasteiger partial charge in [0, 0.05) is 24.0 Å². The summed E-state index contributed by atoms with van der Waals surface area (Å²) in [6.07, 6.45) is 2.65. The zero-order valence-corrected chi connectivity index (χ0v) is 28.1. The molecule has 7 nitrogen and oxygen atoms in total. The number of aromatic hydroxyl groups is 1. The molecule has 1 N–H and O–H groups in total. The monoisotopic (exact) mass is 820 g/mol. The molecule has 224 valence electrons. The Kier molecular flexibility index (Phi) is 6.90. The maximum Gasteiger partial charge on any atom is 0.238 e. The first kappa shape index (κ1) is 28.9. The lowest BCUT2D eigenvalue weighted by molar-refractivity contribution is -0.126. The van der Waals surface area contributed by atoms with Crippen molar-refractivity contribution in [2.75, 3.05) is 9.80 Å². The normalized spacial score (nSPS) is 27.5. The molecule has 0 aromatic heterocycles. The number of rotatable bonds is 3. The summed E-state index contributed by atoms with van der Waals surface area (Å²) in [7, 11) is 0. The Morgan fingerprint density at radius 2 is 1.20 bits per heavy atom. The molecule has 45 heavy (non-hydrogen) atoms. The van der Waals surface area contributed by atoms with Gasteiger partial charge in [-0.2, -0.15) is 0 Å². The standard InChI is InChI=1S/C36H26I2N2O5/c37-19-6-10-21(11-7-19)39-33(42)26-16-15-24-27(30(26)35(39)44)17-28-31(36(45)40(34(28)43)22-12-8-20(38)9-13-22)29(24)25-14-5-18-3-1-2-4-23(18)32(25)41/h1-15,26-31,41H,16-17H2/t26-,27+,28+,29+,30-,31+/m0/s1. The van der Waals surface area contributed by atoms with E-state index in [1.165, 1.54) is 9.80 Å². The van der Waals surface area contributed by atoms with Gasteiger partial charge in [0.2, 0.25) is 23.6 Å². The molecule has 4 aromatic rings. The second-order valence-electron chi connectivity index (χ2n) is 12.2. The van der Waals surface area contributed by atoms with Crippen LogP contribution in [0.25, 0.3) is 10.8 Å². The third-order valence-corrected chi connectivity index (χ3v) is 11.5. The minimum atomic E-state index is -0.748. The Labute approximate surface area is 286 Å². The van der Waals surface area contributed by atoms with E-state index in [1.54, 1.807) is 24.3 Å². The van der Waals surface area contributed by atoms with Crippen LogP contribution in [0.4, 0.5) is 11.4 Å². The molecule has 2 aliphatic heterocycles. The minimum Gasteiger partial charge on any atom is -0.507 e. The first-order valence-electron chi connectivity index (χ1n) is 14.9. The molecule has 0 spiro atoms. The fourth-order valence-corrected chi connectivity index (χ4v) is 8.87. The molecular weight excluding hydrogens is 794 g/mol. The average Bonchev–Trinajstić information content (AvgIpc) is 3.45. The van der Waals surface area contributed by atoms with Crippen LogP contribution in [-0.4, -0.2) is 28.7 Å². The summed E-state index contributed by atoms with van der Waals surface area (Å²) < 4.78 is 1.98. The first-order chi connectivity index (χ1) is 21.7. The molecule has 9 heteroatoms. The van der Waals surface area contributed by atoms with Crippen molar-refractivity contribution < 1.29 is 24.3 Å². The van der Waals surface area contributed by atoms with Gasteiger partial charge in [-0.3, -0.25) is 29.0 Å². The van der Waals surface area contributed by atoms with Gasteiger partial charge < -0.3 is 5.11 Å². The summed E-state index contributed by atoms with van der Waals surface area (Å²) in [4.78, 5) is 59.1. The Morgan fingerprint density at radius 1 is 0.622 bits per heavy atom. The van der Waals surface area contributed by atoms with Gasteiger partial charge in [-0.1, -0.05) is 48.0 Å². The number of amides is 4. The third kappa shape index (κ3) is 4.33. The molecule has 0 bridgehead atoms. The van der Waals surface area contributed by atoms with Gasteiger partial charge in [-0.15, -0.1) is 0 Å². The summed E-state index contributed by atoms with van der Waals surface area (Å²) in [5.74, 6) is -4.75. The van der Waals surface area contributed by atoms with Crippen molar-refractivity contribution >= 4 is 91.0 Å². The Hall–Kier alpha value is -3.58. The quantitative estimate of drug-likeness (QED) is 0.140. The number of hydrogen-bond donors (Lipinski definition) is 1. The van der Waals surface area contributed by atoms with Crippen LogP contribution in [0, 0.1) is 36.7 Å². The van der Waals surface area contributed by atoms with E-state index in [0.717, 1.165) is 18.1 Å². The maximum absolute atomic E-state index is 14.3. The fourth-order valence-electron chi connectivity index (χ4n) is 8.15. The number of phenols is 1. The van der Waals surface area contributed by atoms with E-state index in [0.29, 0.717) is 28.7 Å². The Balaban J connectivity index is 1.27. The highest BCUT2D eigenvalue weighted by Gasteiger charge is 2.62. The van der Waals surface area contributed by atoms with E-state index >= 15 is 0 Å².